The summed E-state index contributed by atoms with van der Waals surface area (Å²) in [6.07, 6.45) is 0.935. The molecule has 3 aromatic rings. The van der Waals surface area contributed by atoms with Crippen LogP contribution in [0.1, 0.15) is 23.7 Å². The molecular weight excluding hydrogens is 440 g/mol. The fraction of sp³-hybridized carbons (Fsp3) is 0.370. The van der Waals surface area contributed by atoms with Crippen LogP contribution < -0.4 is 15.5 Å². The molecule has 0 spiro atoms. The van der Waals surface area contributed by atoms with Gasteiger partial charge in [0.2, 0.25) is 0 Å². The molecule has 1 fully saturated rings. The summed E-state index contributed by atoms with van der Waals surface area (Å²) in [5.74, 6) is 1.76. The molecular formula is C27H32N6O2. The molecule has 0 saturated carbocycles. The van der Waals surface area contributed by atoms with Crippen LogP contribution in [-0.2, 0) is 24.2 Å². The smallest absolute Gasteiger partial charge is 0.319 e. The lowest BCUT2D eigenvalue weighted by Crippen LogP contribution is -2.39. The van der Waals surface area contributed by atoms with E-state index in [1.165, 1.54) is 11.1 Å². The van der Waals surface area contributed by atoms with E-state index in [2.05, 4.69) is 50.8 Å². The highest BCUT2D eigenvalue weighted by atomic mass is 16.5. The summed E-state index contributed by atoms with van der Waals surface area (Å²) in [6, 6.07) is 18.1. The van der Waals surface area contributed by atoms with E-state index in [4.69, 9.17) is 14.7 Å². The summed E-state index contributed by atoms with van der Waals surface area (Å²) >= 11 is 0. The number of aromatic nitrogens is 2. The lowest BCUT2D eigenvalue weighted by molar-refractivity contribution is 0.122. The first-order chi connectivity index (χ1) is 17.2. The number of urea groups is 1. The van der Waals surface area contributed by atoms with Gasteiger partial charge in [0.05, 0.1) is 18.9 Å². The molecule has 5 rings (SSSR count). The van der Waals surface area contributed by atoms with Gasteiger partial charge in [-0.3, -0.25) is 4.90 Å². The van der Waals surface area contributed by atoms with E-state index in [1.54, 1.807) is 0 Å². The van der Waals surface area contributed by atoms with Crippen molar-refractivity contribution in [3.63, 3.8) is 0 Å². The Labute approximate surface area is 206 Å². The van der Waals surface area contributed by atoms with Crippen molar-refractivity contribution >= 4 is 17.5 Å². The van der Waals surface area contributed by atoms with E-state index >= 15 is 0 Å². The molecule has 2 aliphatic rings. The fourth-order valence-electron chi connectivity index (χ4n) is 4.65. The minimum absolute atomic E-state index is 0.210. The van der Waals surface area contributed by atoms with Gasteiger partial charge in [0.25, 0.3) is 0 Å². The SMILES string of the molecule is CCNC(=O)Nc1ccc(-c2nc3c(c(N4CCOCC4)n2)CCN(Cc2ccccc2)C3)cc1. The van der Waals surface area contributed by atoms with Crippen molar-refractivity contribution < 1.29 is 9.53 Å². The zero-order chi connectivity index (χ0) is 24.0. The van der Waals surface area contributed by atoms with Crippen LogP contribution in [0.2, 0.25) is 0 Å². The van der Waals surface area contributed by atoms with Gasteiger partial charge < -0.3 is 20.3 Å². The van der Waals surface area contributed by atoms with Crippen LogP contribution in [0.5, 0.6) is 0 Å². The highest BCUT2D eigenvalue weighted by molar-refractivity contribution is 5.89. The average Bonchev–Trinajstić information content (AvgIpc) is 2.89. The van der Waals surface area contributed by atoms with Crippen LogP contribution in [0.15, 0.2) is 54.6 Å². The minimum Gasteiger partial charge on any atom is -0.378 e. The lowest BCUT2D eigenvalue weighted by atomic mass is 10.0. The van der Waals surface area contributed by atoms with Gasteiger partial charge in [0.1, 0.15) is 5.82 Å². The van der Waals surface area contributed by atoms with Gasteiger partial charge in [-0.15, -0.1) is 0 Å². The third-order valence-electron chi connectivity index (χ3n) is 6.42. The van der Waals surface area contributed by atoms with Crippen molar-refractivity contribution in [1.29, 1.82) is 0 Å². The molecule has 1 saturated heterocycles. The summed E-state index contributed by atoms with van der Waals surface area (Å²) in [5.41, 5.74) is 5.34. The molecule has 8 nitrogen and oxygen atoms in total. The highest BCUT2D eigenvalue weighted by Gasteiger charge is 2.26. The van der Waals surface area contributed by atoms with Crippen LogP contribution >= 0.6 is 0 Å². The minimum atomic E-state index is -0.210. The number of morpholine rings is 1. The third-order valence-corrected chi connectivity index (χ3v) is 6.42. The maximum atomic E-state index is 11.8. The normalized spacial score (nSPS) is 16.0. The molecule has 2 aromatic carbocycles. The second kappa shape index (κ2) is 10.8. The standard InChI is InChI=1S/C27H32N6O2/c1-2-28-27(34)29-22-10-8-21(9-11-22)25-30-24-19-32(18-20-6-4-3-5-7-20)13-12-23(24)26(31-25)33-14-16-35-17-15-33/h3-11H,2,12-19H2,1H3,(H2,28,29,34). The summed E-state index contributed by atoms with van der Waals surface area (Å²) in [7, 11) is 0. The number of benzene rings is 2. The Bertz CT molecular complexity index is 1150. The maximum Gasteiger partial charge on any atom is 0.319 e. The quantitative estimate of drug-likeness (QED) is 0.570. The van der Waals surface area contributed by atoms with Crippen molar-refractivity contribution in [3.05, 3.63) is 71.4 Å². The number of carbonyl (C=O) groups excluding carboxylic acids is 1. The first-order valence-corrected chi connectivity index (χ1v) is 12.3. The highest BCUT2D eigenvalue weighted by Crippen LogP contribution is 2.31. The average molecular weight is 473 g/mol. The Morgan fingerprint density at radius 1 is 1.00 bits per heavy atom. The largest absolute Gasteiger partial charge is 0.378 e. The number of rotatable bonds is 6. The molecule has 35 heavy (non-hydrogen) atoms. The molecule has 182 valence electrons. The van der Waals surface area contributed by atoms with Gasteiger partial charge in [-0.2, -0.15) is 0 Å². The van der Waals surface area contributed by atoms with Crippen LogP contribution in [0.3, 0.4) is 0 Å². The summed E-state index contributed by atoms with van der Waals surface area (Å²) < 4.78 is 5.59. The van der Waals surface area contributed by atoms with Crippen LogP contribution in [0.25, 0.3) is 11.4 Å². The zero-order valence-corrected chi connectivity index (χ0v) is 20.2. The Kier molecular flexibility index (Phi) is 7.20. The van der Waals surface area contributed by atoms with Gasteiger partial charge in [-0.05, 0) is 43.2 Å². The number of fused-ring (bicyclic) bond motifs is 1. The van der Waals surface area contributed by atoms with Gasteiger partial charge in [-0.1, -0.05) is 30.3 Å². The van der Waals surface area contributed by atoms with Crippen molar-refractivity contribution in [2.45, 2.75) is 26.4 Å². The molecule has 0 atom stereocenters. The van der Waals surface area contributed by atoms with Crippen molar-refractivity contribution in [2.75, 3.05) is 49.6 Å². The molecule has 0 radical (unpaired) electrons. The van der Waals surface area contributed by atoms with E-state index < -0.39 is 0 Å². The Morgan fingerprint density at radius 3 is 2.51 bits per heavy atom. The molecule has 0 bridgehead atoms. The van der Waals surface area contributed by atoms with E-state index in [1.807, 2.05) is 31.2 Å². The monoisotopic (exact) mass is 472 g/mol. The molecule has 2 N–H and O–H groups in total. The molecule has 0 aliphatic carbocycles. The molecule has 1 aromatic heterocycles. The lowest BCUT2D eigenvalue weighted by Gasteiger charge is -2.34. The first kappa shape index (κ1) is 23.3. The number of hydrogen-bond donors (Lipinski definition) is 2. The summed E-state index contributed by atoms with van der Waals surface area (Å²) in [6.45, 7) is 8.28. The predicted molar refractivity (Wildman–Crippen MR) is 137 cm³/mol. The summed E-state index contributed by atoms with van der Waals surface area (Å²) in [4.78, 5) is 26.7. The molecule has 8 heteroatoms. The zero-order valence-electron chi connectivity index (χ0n) is 20.2. The number of anilines is 2. The number of nitrogens with zero attached hydrogens (tertiary/aromatic N) is 4. The maximum absolute atomic E-state index is 11.8. The van der Waals surface area contributed by atoms with Crippen LogP contribution in [-0.4, -0.2) is 60.3 Å². The van der Waals surface area contributed by atoms with E-state index in [-0.39, 0.29) is 6.03 Å². The molecule has 0 unspecified atom stereocenters. The second-order valence-corrected chi connectivity index (χ2v) is 8.90. The Hall–Kier alpha value is -3.49. The van der Waals surface area contributed by atoms with Crippen molar-refractivity contribution in [1.82, 2.24) is 20.2 Å². The predicted octanol–water partition coefficient (Wildman–Crippen LogP) is 3.68. The Balaban J connectivity index is 1.43. The molecule has 2 amide bonds. The fourth-order valence-corrected chi connectivity index (χ4v) is 4.65. The number of amides is 2. The number of hydrogen-bond acceptors (Lipinski definition) is 6. The topological polar surface area (TPSA) is 82.6 Å². The van der Waals surface area contributed by atoms with E-state index in [9.17, 15) is 4.79 Å². The van der Waals surface area contributed by atoms with Gasteiger partial charge in [0.15, 0.2) is 5.82 Å². The number of carbonyl (C=O) groups is 1. The first-order valence-electron chi connectivity index (χ1n) is 12.3. The summed E-state index contributed by atoms with van der Waals surface area (Å²) in [5, 5.41) is 5.59. The van der Waals surface area contributed by atoms with E-state index in [0.29, 0.717) is 19.8 Å². The van der Waals surface area contributed by atoms with Gasteiger partial charge >= 0.3 is 6.03 Å². The number of nitrogens with one attached hydrogen (secondary N) is 2. The molecule has 2 aliphatic heterocycles. The molecule has 3 heterocycles. The second-order valence-electron chi connectivity index (χ2n) is 8.90. The van der Waals surface area contributed by atoms with E-state index in [0.717, 1.165) is 67.7 Å². The van der Waals surface area contributed by atoms with Crippen molar-refractivity contribution in [3.8, 4) is 11.4 Å². The van der Waals surface area contributed by atoms with Gasteiger partial charge in [0, 0.05) is 56.1 Å². The van der Waals surface area contributed by atoms with Gasteiger partial charge in [-0.25, -0.2) is 14.8 Å². The Morgan fingerprint density at radius 2 is 1.77 bits per heavy atom. The van der Waals surface area contributed by atoms with Crippen molar-refractivity contribution in [2.24, 2.45) is 0 Å². The third kappa shape index (κ3) is 5.61. The van der Waals surface area contributed by atoms with Crippen LogP contribution in [0.4, 0.5) is 16.3 Å². The van der Waals surface area contributed by atoms with Crippen LogP contribution in [0, 0.1) is 0 Å². The number of ether oxygens (including phenoxy) is 1.